The first-order chi connectivity index (χ1) is 9.43. The summed E-state index contributed by atoms with van der Waals surface area (Å²) >= 11 is 6.05. The summed E-state index contributed by atoms with van der Waals surface area (Å²) in [6.45, 7) is 2.56. The molecule has 0 radical (unpaired) electrons. The molecule has 4 nitrogen and oxygen atoms in total. The van der Waals surface area contributed by atoms with Gasteiger partial charge in [-0.25, -0.2) is 0 Å². The van der Waals surface area contributed by atoms with Crippen LogP contribution in [0.2, 0.25) is 0 Å². The van der Waals surface area contributed by atoms with Crippen molar-refractivity contribution in [2.75, 3.05) is 20.6 Å². The van der Waals surface area contributed by atoms with Crippen LogP contribution >= 0.6 is 11.6 Å². The molecule has 0 aromatic heterocycles. The number of rotatable bonds is 4. The number of fused-ring (bicyclic) bond motifs is 1. The maximum Gasteiger partial charge on any atom is 0.211 e. The Balaban J connectivity index is 2.28. The molecule has 0 spiro atoms. The van der Waals surface area contributed by atoms with Crippen LogP contribution in [0.25, 0.3) is 0 Å². The van der Waals surface area contributed by atoms with Crippen LogP contribution in [0.4, 0.5) is 0 Å². The van der Waals surface area contributed by atoms with Crippen molar-refractivity contribution in [3.8, 4) is 0 Å². The standard InChI is InChI=1S/C15H17ClN2O2/c1-9(18(2)3)8-17-13-12(16)14(19)10-6-4-5-7-11(10)15(13)20/h4-7,9,17H,8H2,1-3H3. The molecule has 0 amide bonds. The van der Waals surface area contributed by atoms with Gasteiger partial charge in [-0.3, -0.25) is 9.59 Å². The molecule has 2 rings (SSSR count). The number of ketones is 2. The highest BCUT2D eigenvalue weighted by Crippen LogP contribution is 2.27. The van der Waals surface area contributed by atoms with Crippen molar-refractivity contribution >= 4 is 23.2 Å². The summed E-state index contributed by atoms with van der Waals surface area (Å²) in [5.74, 6) is -0.530. The van der Waals surface area contributed by atoms with Gasteiger partial charge in [0.05, 0.1) is 0 Å². The first-order valence-corrected chi connectivity index (χ1v) is 6.79. The van der Waals surface area contributed by atoms with Crippen molar-refractivity contribution in [1.82, 2.24) is 10.2 Å². The molecule has 0 saturated carbocycles. The number of halogens is 1. The summed E-state index contributed by atoms with van der Waals surface area (Å²) in [5.41, 5.74) is 0.972. The molecule has 106 valence electrons. The third-order valence-corrected chi connectivity index (χ3v) is 3.88. The lowest BCUT2D eigenvalue weighted by Crippen LogP contribution is -2.38. The fourth-order valence-corrected chi connectivity index (χ4v) is 2.19. The second kappa shape index (κ2) is 5.77. The van der Waals surface area contributed by atoms with Crippen LogP contribution in [-0.4, -0.2) is 43.1 Å². The van der Waals surface area contributed by atoms with Crippen LogP contribution in [0.1, 0.15) is 27.6 Å². The van der Waals surface area contributed by atoms with Gasteiger partial charge in [-0.2, -0.15) is 0 Å². The number of nitrogens with zero attached hydrogens (tertiary/aromatic N) is 1. The average Bonchev–Trinajstić information content (AvgIpc) is 2.44. The molecule has 0 saturated heterocycles. The Kier molecular flexibility index (Phi) is 4.26. The van der Waals surface area contributed by atoms with Crippen molar-refractivity contribution in [2.24, 2.45) is 0 Å². The Bertz CT molecular complexity index is 593. The number of Topliss-reactive ketones (excluding diaryl/α,β-unsaturated/α-hetero) is 2. The fraction of sp³-hybridized carbons (Fsp3) is 0.333. The molecule has 1 aliphatic rings. The smallest absolute Gasteiger partial charge is 0.211 e. The molecule has 0 bridgehead atoms. The lowest BCUT2D eigenvalue weighted by molar-refractivity contribution is 0.0973. The molecule has 1 aromatic carbocycles. The molecule has 1 atom stereocenters. The number of benzene rings is 1. The minimum Gasteiger partial charge on any atom is -0.379 e. The molecule has 1 N–H and O–H groups in total. The van der Waals surface area contributed by atoms with Crippen LogP contribution in [0.5, 0.6) is 0 Å². The van der Waals surface area contributed by atoms with Gasteiger partial charge >= 0.3 is 0 Å². The number of nitrogens with one attached hydrogen (secondary N) is 1. The first kappa shape index (κ1) is 14.8. The Morgan fingerprint density at radius 2 is 1.70 bits per heavy atom. The predicted molar refractivity (Wildman–Crippen MR) is 79.1 cm³/mol. The topological polar surface area (TPSA) is 49.4 Å². The average molecular weight is 293 g/mol. The lowest BCUT2D eigenvalue weighted by Gasteiger charge is -2.23. The summed E-state index contributed by atoms with van der Waals surface area (Å²) < 4.78 is 0. The van der Waals surface area contributed by atoms with Gasteiger partial charge in [0, 0.05) is 23.7 Å². The third-order valence-electron chi connectivity index (χ3n) is 3.52. The summed E-state index contributed by atoms with van der Waals surface area (Å²) in [6, 6.07) is 6.95. The molecule has 1 unspecified atom stereocenters. The highest BCUT2D eigenvalue weighted by Gasteiger charge is 2.31. The molecule has 0 aliphatic heterocycles. The molecular weight excluding hydrogens is 276 g/mol. The SMILES string of the molecule is CC(CNC1=C(Cl)C(=O)c2ccccc2C1=O)N(C)C. The van der Waals surface area contributed by atoms with Crippen molar-refractivity contribution in [3.05, 3.63) is 46.1 Å². The van der Waals surface area contributed by atoms with Crippen molar-refractivity contribution < 1.29 is 9.59 Å². The van der Waals surface area contributed by atoms with Gasteiger partial charge in [-0.1, -0.05) is 35.9 Å². The number of allylic oxidation sites excluding steroid dienone is 2. The number of carbonyl (C=O) groups is 2. The molecule has 5 heteroatoms. The molecule has 0 heterocycles. The van der Waals surface area contributed by atoms with Gasteiger partial charge in [0.1, 0.15) is 10.7 Å². The van der Waals surface area contributed by atoms with E-state index >= 15 is 0 Å². The number of likely N-dealkylation sites (N-methyl/N-ethyl adjacent to an activating group) is 1. The van der Waals surface area contributed by atoms with Gasteiger partial charge in [0.15, 0.2) is 0 Å². The summed E-state index contributed by atoms with van der Waals surface area (Å²) in [5, 5.41) is 2.98. The Hall–Kier alpha value is -1.65. The lowest BCUT2D eigenvalue weighted by atomic mass is 9.92. The Morgan fingerprint density at radius 1 is 1.15 bits per heavy atom. The highest BCUT2D eigenvalue weighted by atomic mass is 35.5. The zero-order valence-corrected chi connectivity index (χ0v) is 12.5. The molecule has 20 heavy (non-hydrogen) atoms. The van der Waals surface area contributed by atoms with Gasteiger partial charge in [-0.15, -0.1) is 0 Å². The van der Waals surface area contributed by atoms with E-state index in [0.29, 0.717) is 17.7 Å². The quantitative estimate of drug-likeness (QED) is 0.923. The van der Waals surface area contributed by atoms with E-state index in [9.17, 15) is 9.59 Å². The molecular formula is C15H17ClN2O2. The van der Waals surface area contributed by atoms with E-state index in [4.69, 9.17) is 11.6 Å². The second-order valence-electron chi connectivity index (χ2n) is 5.09. The molecule has 1 aromatic rings. The number of hydrogen-bond acceptors (Lipinski definition) is 4. The predicted octanol–water partition coefficient (Wildman–Crippen LogP) is 2.06. The molecule has 1 aliphatic carbocycles. The van der Waals surface area contributed by atoms with E-state index in [0.717, 1.165) is 0 Å². The van der Waals surface area contributed by atoms with E-state index < -0.39 is 0 Å². The summed E-state index contributed by atoms with van der Waals surface area (Å²) in [6.07, 6.45) is 0. The Labute approximate surface area is 123 Å². The fourth-order valence-electron chi connectivity index (χ4n) is 1.94. The first-order valence-electron chi connectivity index (χ1n) is 6.42. The van der Waals surface area contributed by atoms with Crippen LogP contribution in [0.3, 0.4) is 0 Å². The minimum atomic E-state index is -0.304. The van der Waals surface area contributed by atoms with E-state index in [1.807, 2.05) is 25.9 Å². The van der Waals surface area contributed by atoms with Crippen LogP contribution in [0, 0.1) is 0 Å². The second-order valence-corrected chi connectivity index (χ2v) is 5.46. The van der Waals surface area contributed by atoms with E-state index in [1.165, 1.54) is 0 Å². The maximum atomic E-state index is 12.4. The van der Waals surface area contributed by atoms with Crippen molar-refractivity contribution in [3.63, 3.8) is 0 Å². The zero-order valence-electron chi connectivity index (χ0n) is 11.7. The van der Waals surface area contributed by atoms with E-state index in [-0.39, 0.29) is 28.3 Å². The third kappa shape index (κ3) is 2.62. The van der Waals surface area contributed by atoms with Crippen molar-refractivity contribution in [2.45, 2.75) is 13.0 Å². The van der Waals surface area contributed by atoms with Gasteiger partial charge < -0.3 is 10.2 Å². The number of carbonyl (C=O) groups excluding carboxylic acids is 2. The summed E-state index contributed by atoms with van der Waals surface area (Å²) in [7, 11) is 3.90. The van der Waals surface area contributed by atoms with Gasteiger partial charge in [-0.05, 0) is 21.0 Å². The van der Waals surface area contributed by atoms with Crippen molar-refractivity contribution in [1.29, 1.82) is 0 Å². The van der Waals surface area contributed by atoms with Crippen LogP contribution < -0.4 is 5.32 Å². The number of hydrogen-bond donors (Lipinski definition) is 1. The monoisotopic (exact) mass is 292 g/mol. The summed E-state index contributed by atoms with van der Waals surface area (Å²) in [4.78, 5) is 26.6. The highest BCUT2D eigenvalue weighted by molar-refractivity contribution is 6.49. The van der Waals surface area contributed by atoms with Crippen LogP contribution in [0.15, 0.2) is 35.0 Å². The Morgan fingerprint density at radius 3 is 2.25 bits per heavy atom. The van der Waals surface area contributed by atoms with Gasteiger partial charge in [0.25, 0.3) is 0 Å². The van der Waals surface area contributed by atoms with Crippen LogP contribution in [-0.2, 0) is 0 Å². The van der Waals surface area contributed by atoms with Gasteiger partial charge in [0.2, 0.25) is 11.6 Å². The zero-order chi connectivity index (χ0) is 14.9. The normalized spacial score (nSPS) is 16.4. The molecule has 0 fully saturated rings. The maximum absolute atomic E-state index is 12.4. The largest absolute Gasteiger partial charge is 0.379 e. The minimum absolute atomic E-state index is 0.0281. The van der Waals surface area contributed by atoms with E-state index in [2.05, 4.69) is 5.32 Å². The van der Waals surface area contributed by atoms with E-state index in [1.54, 1.807) is 24.3 Å².